The standard InChI is InChI=1S/C17H16N4OS/c1-17(19,8-14-7-16(22)21-20-14)15-6-13(10-23-15)12-4-2-3-11(5-12)9-18/h2-7,10H,8,19H2,1H3,(H2,20,21,22)/t17-/m1/s1. The van der Waals surface area contributed by atoms with Gasteiger partial charge >= 0.3 is 0 Å². The molecule has 0 amide bonds. The first-order valence-electron chi connectivity index (χ1n) is 7.13. The van der Waals surface area contributed by atoms with Crippen LogP contribution in [-0.2, 0) is 12.0 Å². The van der Waals surface area contributed by atoms with Crippen molar-refractivity contribution in [3.05, 3.63) is 68.3 Å². The van der Waals surface area contributed by atoms with Crippen LogP contribution in [0.5, 0.6) is 0 Å². The van der Waals surface area contributed by atoms with Gasteiger partial charge in [0, 0.05) is 23.1 Å². The van der Waals surface area contributed by atoms with Crippen molar-refractivity contribution in [2.45, 2.75) is 18.9 Å². The molecular weight excluding hydrogens is 308 g/mol. The molecular formula is C17H16N4OS. The van der Waals surface area contributed by atoms with E-state index in [1.807, 2.05) is 36.6 Å². The second-order valence-corrected chi connectivity index (χ2v) is 6.68. The van der Waals surface area contributed by atoms with Gasteiger partial charge in [-0.05, 0) is 41.6 Å². The minimum absolute atomic E-state index is 0.156. The Hall–Kier alpha value is -2.62. The third-order valence-electron chi connectivity index (χ3n) is 3.70. The molecule has 0 aliphatic carbocycles. The number of aromatic nitrogens is 2. The molecule has 0 saturated heterocycles. The number of rotatable bonds is 4. The molecule has 0 aliphatic heterocycles. The number of aromatic amines is 2. The van der Waals surface area contributed by atoms with E-state index in [0.717, 1.165) is 21.7 Å². The van der Waals surface area contributed by atoms with Crippen LogP contribution < -0.4 is 11.3 Å². The van der Waals surface area contributed by atoms with Gasteiger partial charge in [0.25, 0.3) is 5.56 Å². The predicted molar refractivity (Wildman–Crippen MR) is 91.1 cm³/mol. The Morgan fingerprint density at radius 3 is 2.78 bits per heavy atom. The van der Waals surface area contributed by atoms with E-state index in [-0.39, 0.29) is 5.56 Å². The monoisotopic (exact) mass is 324 g/mol. The molecule has 4 N–H and O–H groups in total. The Morgan fingerprint density at radius 1 is 1.26 bits per heavy atom. The summed E-state index contributed by atoms with van der Waals surface area (Å²) in [6.45, 7) is 1.94. The minimum atomic E-state index is -0.582. The quantitative estimate of drug-likeness (QED) is 0.688. The Balaban J connectivity index is 1.88. The van der Waals surface area contributed by atoms with E-state index in [9.17, 15) is 4.79 Å². The van der Waals surface area contributed by atoms with Crippen molar-refractivity contribution in [3.8, 4) is 17.2 Å². The van der Waals surface area contributed by atoms with Gasteiger partial charge in [0.15, 0.2) is 0 Å². The summed E-state index contributed by atoms with van der Waals surface area (Å²) >= 11 is 1.58. The van der Waals surface area contributed by atoms with E-state index in [1.165, 1.54) is 6.07 Å². The normalized spacial score (nSPS) is 13.4. The molecule has 0 bridgehead atoms. The van der Waals surface area contributed by atoms with Crippen LogP contribution in [0.15, 0.2) is 46.6 Å². The lowest BCUT2D eigenvalue weighted by molar-refractivity contribution is 0.495. The molecule has 3 aromatic rings. The van der Waals surface area contributed by atoms with E-state index < -0.39 is 5.54 Å². The van der Waals surface area contributed by atoms with Crippen molar-refractivity contribution < 1.29 is 0 Å². The fourth-order valence-corrected chi connectivity index (χ4v) is 3.50. The highest BCUT2D eigenvalue weighted by atomic mass is 32.1. The molecule has 0 radical (unpaired) electrons. The molecule has 3 rings (SSSR count). The van der Waals surface area contributed by atoms with Crippen molar-refractivity contribution in [1.82, 2.24) is 10.2 Å². The van der Waals surface area contributed by atoms with Crippen molar-refractivity contribution >= 4 is 11.3 Å². The van der Waals surface area contributed by atoms with Gasteiger partial charge in [-0.15, -0.1) is 11.3 Å². The number of nitrogens with one attached hydrogen (secondary N) is 2. The second-order valence-electron chi connectivity index (χ2n) is 5.77. The largest absolute Gasteiger partial charge is 0.321 e. The zero-order valence-corrected chi connectivity index (χ0v) is 13.4. The van der Waals surface area contributed by atoms with Crippen LogP contribution in [0, 0.1) is 11.3 Å². The first-order valence-corrected chi connectivity index (χ1v) is 8.01. The van der Waals surface area contributed by atoms with Gasteiger partial charge in [-0.2, -0.15) is 5.26 Å². The average Bonchev–Trinajstić information content (AvgIpc) is 3.16. The molecule has 5 nitrogen and oxygen atoms in total. The number of thiophene rings is 1. The third kappa shape index (κ3) is 3.26. The summed E-state index contributed by atoms with van der Waals surface area (Å²) in [6, 6.07) is 13.2. The topological polar surface area (TPSA) is 98.5 Å². The smallest absolute Gasteiger partial charge is 0.264 e. The highest BCUT2D eigenvalue weighted by Crippen LogP contribution is 2.33. The number of nitrogens with zero attached hydrogens (tertiary/aromatic N) is 1. The summed E-state index contributed by atoms with van der Waals surface area (Å²) in [5.41, 5.74) is 9.16. The molecule has 0 aliphatic rings. The van der Waals surface area contributed by atoms with E-state index in [4.69, 9.17) is 11.0 Å². The Bertz CT molecular complexity index is 926. The van der Waals surface area contributed by atoms with E-state index in [2.05, 4.69) is 16.3 Å². The summed E-state index contributed by atoms with van der Waals surface area (Å²) in [6.07, 6.45) is 0.532. The fourth-order valence-electron chi connectivity index (χ4n) is 2.51. The molecule has 0 unspecified atom stereocenters. The summed E-state index contributed by atoms with van der Waals surface area (Å²) in [7, 11) is 0. The average molecular weight is 324 g/mol. The number of hydrogen-bond acceptors (Lipinski definition) is 4. The van der Waals surface area contributed by atoms with Gasteiger partial charge in [0.1, 0.15) is 0 Å². The van der Waals surface area contributed by atoms with Gasteiger partial charge in [-0.3, -0.25) is 9.89 Å². The maximum absolute atomic E-state index is 11.2. The lowest BCUT2D eigenvalue weighted by Gasteiger charge is -2.22. The fraction of sp³-hybridized carbons (Fsp3) is 0.176. The summed E-state index contributed by atoms with van der Waals surface area (Å²) in [4.78, 5) is 12.2. The van der Waals surface area contributed by atoms with Crippen LogP contribution in [-0.4, -0.2) is 10.2 Å². The number of benzene rings is 1. The van der Waals surface area contributed by atoms with Crippen molar-refractivity contribution in [1.29, 1.82) is 5.26 Å². The summed E-state index contributed by atoms with van der Waals surface area (Å²) in [5.74, 6) is 0. The molecule has 0 fully saturated rings. The van der Waals surface area contributed by atoms with Gasteiger partial charge in [-0.1, -0.05) is 12.1 Å². The zero-order valence-electron chi connectivity index (χ0n) is 12.6. The molecule has 1 aromatic carbocycles. The van der Waals surface area contributed by atoms with Crippen molar-refractivity contribution in [2.75, 3.05) is 0 Å². The van der Waals surface area contributed by atoms with Gasteiger partial charge in [-0.25, -0.2) is 0 Å². The van der Waals surface area contributed by atoms with Crippen LogP contribution in [0.4, 0.5) is 0 Å². The maximum Gasteiger partial charge on any atom is 0.264 e. The maximum atomic E-state index is 11.2. The van der Waals surface area contributed by atoms with Crippen LogP contribution in [0.3, 0.4) is 0 Å². The molecule has 0 spiro atoms. The minimum Gasteiger partial charge on any atom is -0.321 e. The highest BCUT2D eigenvalue weighted by Gasteiger charge is 2.25. The predicted octanol–water partition coefficient (Wildman–Crippen LogP) is 2.72. The van der Waals surface area contributed by atoms with Gasteiger partial charge in [0.2, 0.25) is 0 Å². The number of nitriles is 1. The molecule has 2 aromatic heterocycles. The second kappa shape index (κ2) is 5.88. The van der Waals surface area contributed by atoms with Gasteiger partial charge in [0.05, 0.1) is 17.2 Å². The first kappa shape index (κ1) is 15.3. The highest BCUT2D eigenvalue weighted by molar-refractivity contribution is 7.10. The molecule has 6 heteroatoms. The molecule has 116 valence electrons. The van der Waals surface area contributed by atoms with Crippen molar-refractivity contribution in [2.24, 2.45) is 5.73 Å². The zero-order chi connectivity index (χ0) is 16.4. The van der Waals surface area contributed by atoms with E-state index >= 15 is 0 Å². The Morgan fingerprint density at radius 2 is 2.09 bits per heavy atom. The number of H-pyrrole nitrogens is 2. The number of nitrogens with two attached hydrogens (primary N) is 1. The van der Waals surface area contributed by atoms with Crippen LogP contribution in [0.1, 0.15) is 23.1 Å². The molecule has 2 heterocycles. The van der Waals surface area contributed by atoms with E-state index in [1.54, 1.807) is 17.4 Å². The van der Waals surface area contributed by atoms with Gasteiger partial charge < -0.3 is 10.8 Å². The molecule has 1 atom stereocenters. The molecule has 0 saturated carbocycles. The summed E-state index contributed by atoms with van der Waals surface area (Å²) < 4.78 is 0. The third-order valence-corrected chi connectivity index (χ3v) is 4.91. The van der Waals surface area contributed by atoms with E-state index in [0.29, 0.717) is 12.0 Å². The Labute approximate surface area is 137 Å². The van der Waals surface area contributed by atoms with Crippen LogP contribution in [0.25, 0.3) is 11.1 Å². The lowest BCUT2D eigenvalue weighted by atomic mass is 9.94. The lowest BCUT2D eigenvalue weighted by Crippen LogP contribution is -2.34. The molecule has 23 heavy (non-hydrogen) atoms. The summed E-state index contributed by atoms with van der Waals surface area (Å²) in [5, 5.41) is 16.4. The first-order chi connectivity index (χ1) is 11.0. The van der Waals surface area contributed by atoms with Crippen LogP contribution >= 0.6 is 11.3 Å². The van der Waals surface area contributed by atoms with Crippen LogP contribution in [0.2, 0.25) is 0 Å². The Kier molecular flexibility index (Phi) is 3.90. The number of hydrogen-bond donors (Lipinski definition) is 3. The van der Waals surface area contributed by atoms with Crippen molar-refractivity contribution in [3.63, 3.8) is 0 Å². The SMILES string of the molecule is C[C@@](N)(Cc1cc(=O)[nH][nH]1)c1cc(-c2cccc(C#N)c2)cs1.